The number of likely N-dealkylation sites (N-methyl/N-ethyl adjacent to an activating group) is 1. The first-order valence-electron chi connectivity index (χ1n) is 11.7. The molecule has 0 amide bonds. The number of methoxy groups -OCH3 is 1. The van der Waals surface area contributed by atoms with Crippen molar-refractivity contribution >= 4 is 21.2 Å². The van der Waals surface area contributed by atoms with Crippen molar-refractivity contribution in [3.63, 3.8) is 0 Å². The van der Waals surface area contributed by atoms with E-state index < -0.39 is 15.1 Å². The lowest BCUT2D eigenvalue weighted by Gasteiger charge is -2.23. The Balaban J connectivity index is 0.000000170. The highest BCUT2D eigenvalue weighted by Crippen LogP contribution is 2.29. The third kappa shape index (κ3) is 5.63. The number of ether oxygens (including phenoxy) is 2. The molecule has 0 spiro atoms. The lowest BCUT2D eigenvalue weighted by atomic mass is 10.0. The molecule has 3 heterocycles. The van der Waals surface area contributed by atoms with Gasteiger partial charge in [0.25, 0.3) is 0 Å². The van der Waals surface area contributed by atoms with Gasteiger partial charge in [-0.3, -0.25) is 0 Å². The summed E-state index contributed by atoms with van der Waals surface area (Å²) in [7, 11) is 0.242. The first-order chi connectivity index (χ1) is 17.3. The van der Waals surface area contributed by atoms with Gasteiger partial charge in [-0.2, -0.15) is 0 Å². The number of oxazole rings is 1. The Hall–Kier alpha value is -3.56. The highest BCUT2D eigenvalue weighted by atomic mass is 32.2. The van der Waals surface area contributed by atoms with Crippen LogP contribution in [0.25, 0.3) is 17.0 Å². The van der Waals surface area contributed by atoms with Gasteiger partial charge in [0, 0.05) is 38.4 Å². The molecular formula is C27H31N3O5S. The lowest BCUT2D eigenvalue weighted by Crippen LogP contribution is -2.21. The quantitative estimate of drug-likeness (QED) is 0.507. The molecule has 1 aromatic heterocycles. The molecule has 2 aliphatic rings. The SMILES string of the molecule is COc1ccc(S(=O)(=O)C2CCOC2)cc1N.Cc1ncc(-c2cccc(C3=CC=CCN3C)c2)o1. The summed E-state index contributed by atoms with van der Waals surface area (Å²) in [6.07, 6.45) is 8.68. The van der Waals surface area contributed by atoms with Crippen molar-refractivity contribution in [2.24, 2.45) is 0 Å². The van der Waals surface area contributed by atoms with E-state index >= 15 is 0 Å². The zero-order valence-electron chi connectivity index (χ0n) is 20.7. The summed E-state index contributed by atoms with van der Waals surface area (Å²) in [5.41, 5.74) is 9.51. The number of hydrogen-bond acceptors (Lipinski definition) is 8. The Kier molecular flexibility index (Phi) is 7.81. The van der Waals surface area contributed by atoms with E-state index in [1.54, 1.807) is 12.3 Å². The second kappa shape index (κ2) is 11.0. The summed E-state index contributed by atoms with van der Waals surface area (Å²) in [4.78, 5) is 6.60. The zero-order chi connectivity index (χ0) is 25.7. The molecule has 5 rings (SSSR count). The molecule has 3 aromatic rings. The maximum Gasteiger partial charge on any atom is 0.191 e. The number of nitrogens with zero attached hydrogens (tertiary/aromatic N) is 2. The molecule has 36 heavy (non-hydrogen) atoms. The Morgan fingerprint density at radius 2 is 1.97 bits per heavy atom. The van der Waals surface area contributed by atoms with Gasteiger partial charge in [0.1, 0.15) is 5.75 Å². The van der Waals surface area contributed by atoms with Crippen molar-refractivity contribution in [2.45, 2.75) is 23.5 Å². The van der Waals surface area contributed by atoms with E-state index in [-0.39, 0.29) is 11.5 Å². The van der Waals surface area contributed by atoms with E-state index in [1.165, 1.54) is 30.5 Å². The maximum absolute atomic E-state index is 12.2. The van der Waals surface area contributed by atoms with Gasteiger partial charge in [-0.05, 0) is 42.3 Å². The highest BCUT2D eigenvalue weighted by Gasteiger charge is 2.31. The summed E-state index contributed by atoms with van der Waals surface area (Å²) < 4.78 is 40.1. The summed E-state index contributed by atoms with van der Waals surface area (Å²) in [5, 5.41) is -0.463. The minimum atomic E-state index is -3.35. The molecule has 0 bridgehead atoms. The molecule has 0 aliphatic carbocycles. The van der Waals surface area contributed by atoms with Gasteiger partial charge < -0.3 is 24.5 Å². The Labute approximate surface area is 212 Å². The highest BCUT2D eigenvalue weighted by molar-refractivity contribution is 7.92. The number of anilines is 1. The maximum atomic E-state index is 12.2. The Bertz CT molecular complexity index is 1370. The first kappa shape index (κ1) is 25.5. The molecular weight excluding hydrogens is 478 g/mol. The standard InChI is InChI=1S/C16H16N2O.C11H15NO4S/c1-12-17-11-16(19-12)14-7-5-6-13(10-14)15-8-3-4-9-18(15)2;1-15-11-3-2-8(6-10(11)12)17(13,14)9-4-5-16-7-9/h3-8,10-11H,9H2,1-2H3;2-3,6,9H,4-5,7,12H2,1H3. The monoisotopic (exact) mass is 509 g/mol. The van der Waals surface area contributed by atoms with Crippen LogP contribution in [-0.2, 0) is 14.6 Å². The average Bonchev–Trinajstić information content (AvgIpc) is 3.58. The Morgan fingerprint density at radius 3 is 2.61 bits per heavy atom. The van der Waals surface area contributed by atoms with Crippen LogP contribution in [0, 0.1) is 6.92 Å². The van der Waals surface area contributed by atoms with Crippen LogP contribution in [0.5, 0.6) is 5.75 Å². The summed E-state index contributed by atoms with van der Waals surface area (Å²) in [6.45, 7) is 3.55. The average molecular weight is 510 g/mol. The van der Waals surface area contributed by atoms with Gasteiger partial charge >= 0.3 is 0 Å². The van der Waals surface area contributed by atoms with Crippen molar-refractivity contribution in [1.29, 1.82) is 0 Å². The Morgan fingerprint density at radius 1 is 1.17 bits per heavy atom. The fraction of sp³-hybridized carbons (Fsp3) is 0.296. The fourth-order valence-electron chi connectivity index (χ4n) is 4.09. The zero-order valence-corrected chi connectivity index (χ0v) is 21.5. The van der Waals surface area contributed by atoms with E-state index in [9.17, 15) is 8.42 Å². The van der Waals surface area contributed by atoms with Gasteiger partial charge in [-0.25, -0.2) is 13.4 Å². The van der Waals surface area contributed by atoms with E-state index in [0.717, 1.165) is 17.9 Å². The molecule has 0 radical (unpaired) electrons. The normalized spacial score (nSPS) is 17.4. The molecule has 1 unspecified atom stereocenters. The summed E-state index contributed by atoms with van der Waals surface area (Å²) in [6, 6.07) is 12.9. The van der Waals surface area contributed by atoms with Crippen LogP contribution in [0.2, 0.25) is 0 Å². The number of aryl methyl sites for hydroxylation is 1. The second-order valence-corrected chi connectivity index (χ2v) is 10.8. The topological polar surface area (TPSA) is 108 Å². The van der Waals surface area contributed by atoms with Gasteiger partial charge in [0.05, 0.1) is 35.7 Å². The minimum absolute atomic E-state index is 0.228. The molecule has 0 saturated carbocycles. The largest absolute Gasteiger partial charge is 0.495 e. The predicted molar refractivity (Wildman–Crippen MR) is 140 cm³/mol. The van der Waals surface area contributed by atoms with E-state index in [1.807, 2.05) is 13.0 Å². The molecule has 2 N–H and O–H groups in total. The smallest absolute Gasteiger partial charge is 0.191 e. The number of nitrogens with two attached hydrogens (primary N) is 1. The predicted octanol–water partition coefficient (Wildman–Crippen LogP) is 4.33. The van der Waals surface area contributed by atoms with Crippen LogP contribution in [-0.4, -0.2) is 57.5 Å². The number of aromatic nitrogens is 1. The molecule has 2 aliphatic heterocycles. The fourth-order valence-corrected chi connectivity index (χ4v) is 5.70. The van der Waals surface area contributed by atoms with Crippen LogP contribution in [0.1, 0.15) is 17.9 Å². The third-order valence-electron chi connectivity index (χ3n) is 6.10. The van der Waals surface area contributed by atoms with Gasteiger partial charge in [0.15, 0.2) is 21.5 Å². The van der Waals surface area contributed by atoms with Crippen LogP contribution < -0.4 is 10.5 Å². The van der Waals surface area contributed by atoms with E-state index in [0.29, 0.717) is 30.4 Å². The van der Waals surface area contributed by atoms with E-state index in [2.05, 4.69) is 53.4 Å². The van der Waals surface area contributed by atoms with Crippen molar-refractivity contribution in [2.75, 3.05) is 39.6 Å². The van der Waals surface area contributed by atoms with Crippen LogP contribution >= 0.6 is 0 Å². The molecule has 9 heteroatoms. The number of nitrogen functional groups attached to an aromatic ring is 1. The van der Waals surface area contributed by atoms with E-state index in [4.69, 9.17) is 19.6 Å². The molecule has 2 aromatic carbocycles. The number of allylic oxidation sites excluding steroid dienone is 2. The molecule has 1 fully saturated rings. The van der Waals surface area contributed by atoms with Gasteiger partial charge in [-0.1, -0.05) is 30.4 Å². The minimum Gasteiger partial charge on any atom is -0.495 e. The molecule has 8 nitrogen and oxygen atoms in total. The number of hydrogen-bond donors (Lipinski definition) is 1. The van der Waals surface area contributed by atoms with Crippen molar-refractivity contribution in [1.82, 2.24) is 9.88 Å². The van der Waals surface area contributed by atoms with Crippen LogP contribution in [0.3, 0.4) is 0 Å². The first-order valence-corrected chi connectivity index (χ1v) is 13.2. The second-order valence-electron chi connectivity index (χ2n) is 8.62. The lowest BCUT2D eigenvalue weighted by molar-refractivity contribution is 0.198. The molecule has 1 atom stereocenters. The summed E-state index contributed by atoms with van der Waals surface area (Å²) in [5.74, 6) is 1.98. The number of rotatable bonds is 5. The molecule has 1 saturated heterocycles. The van der Waals surface area contributed by atoms with Crippen molar-refractivity contribution in [3.05, 3.63) is 78.3 Å². The number of benzene rings is 2. The number of sulfone groups is 1. The van der Waals surface area contributed by atoms with Crippen molar-refractivity contribution < 1.29 is 22.3 Å². The van der Waals surface area contributed by atoms with Gasteiger partial charge in [-0.15, -0.1) is 0 Å². The summed E-state index contributed by atoms with van der Waals surface area (Å²) >= 11 is 0. The van der Waals surface area contributed by atoms with Crippen molar-refractivity contribution in [3.8, 4) is 17.1 Å². The van der Waals surface area contributed by atoms with Crippen LogP contribution in [0.4, 0.5) is 5.69 Å². The van der Waals surface area contributed by atoms with Crippen LogP contribution in [0.15, 0.2) is 76.2 Å². The third-order valence-corrected chi connectivity index (χ3v) is 8.26. The van der Waals surface area contributed by atoms with Gasteiger partial charge in [0.2, 0.25) is 0 Å². The molecule has 190 valence electrons.